The van der Waals surface area contributed by atoms with E-state index in [0.717, 1.165) is 12.2 Å². The molecule has 0 aromatic heterocycles. The average molecular weight is 223 g/mol. The topological polar surface area (TPSA) is 30.5 Å². The molecule has 16 heavy (non-hydrogen) atoms. The quantitative estimate of drug-likeness (QED) is 0.803. The molecule has 0 saturated heterocycles. The summed E-state index contributed by atoms with van der Waals surface area (Å²) in [6.07, 6.45) is 1.15. The van der Waals surface area contributed by atoms with Gasteiger partial charge in [-0.15, -0.1) is 0 Å². The lowest BCUT2D eigenvalue weighted by Gasteiger charge is -2.25. The number of likely N-dealkylation sites (N-methyl/N-ethyl adjacent to an activating group) is 1. The van der Waals surface area contributed by atoms with E-state index in [9.17, 15) is 0 Å². The van der Waals surface area contributed by atoms with E-state index in [1.807, 2.05) is 25.2 Å². The van der Waals surface area contributed by atoms with E-state index in [4.69, 9.17) is 9.47 Å². The highest BCUT2D eigenvalue weighted by molar-refractivity contribution is 5.31. The zero-order valence-corrected chi connectivity index (χ0v) is 10.5. The summed E-state index contributed by atoms with van der Waals surface area (Å²) in [5.41, 5.74) is 1.19. The van der Waals surface area contributed by atoms with E-state index in [1.54, 1.807) is 14.2 Å². The van der Waals surface area contributed by atoms with Gasteiger partial charge in [0.15, 0.2) is 0 Å². The van der Waals surface area contributed by atoms with Gasteiger partial charge in [-0.05, 0) is 31.2 Å². The smallest absolute Gasteiger partial charge is 0.119 e. The monoisotopic (exact) mass is 223 g/mol. The predicted molar refractivity (Wildman–Crippen MR) is 65.9 cm³/mol. The van der Waals surface area contributed by atoms with E-state index in [0.29, 0.717) is 0 Å². The van der Waals surface area contributed by atoms with Crippen LogP contribution in [0.5, 0.6) is 5.75 Å². The molecule has 2 unspecified atom stereocenters. The molecule has 0 amide bonds. The molecule has 1 N–H and O–H groups in total. The minimum absolute atomic E-state index is 0.178. The van der Waals surface area contributed by atoms with Crippen molar-refractivity contribution in [2.75, 3.05) is 21.3 Å². The van der Waals surface area contributed by atoms with Crippen molar-refractivity contribution in [3.63, 3.8) is 0 Å². The van der Waals surface area contributed by atoms with Crippen LogP contribution in [-0.2, 0) is 4.74 Å². The standard InChI is InChI=1S/C13H21NO2/c1-5-12(16-4)13(14-2)10-7-6-8-11(9-10)15-3/h6-9,12-14H,5H2,1-4H3. The molecule has 0 spiro atoms. The molecule has 1 aromatic carbocycles. The molecule has 3 nitrogen and oxygen atoms in total. The molecule has 1 aromatic rings. The maximum absolute atomic E-state index is 5.48. The molecule has 0 bridgehead atoms. The molecular formula is C13H21NO2. The second-order valence-corrected chi connectivity index (χ2v) is 3.73. The number of benzene rings is 1. The first kappa shape index (κ1) is 13.0. The molecule has 0 fully saturated rings. The molecule has 0 aliphatic carbocycles. The van der Waals surface area contributed by atoms with E-state index >= 15 is 0 Å². The summed E-state index contributed by atoms with van der Waals surface area (Å²) >= 11 is 0. The summed E-state index contributed by atoms with van der Waals surface area (Å²) in [5, 5.41) is 3.29. The normalized spacial score (nSPS) is 14.5. The molecule has 0 aliphatic heterocycles. The van der Waals surface area contributed by atoms with E-state index < -0.39 is 0 Å². The van der Waals surface area contributed by atoms with Crippen molar-refractivity contribution >= 4 is 0 Å². The van der Waals surface area contributed by atoms with Gasteiger partial charge in [0.2, 0.25) is 0 Å². The van der Waals surface area contributed by atoms with Crippen LogP contribution >= 0.6 is 0 Å². The van der Waals surface area contributed by atoms with Crippen molar-refractivity contribution in [1.29, 1.82) is 0 Å². The third-order valence-electron chi connectivity index (χ3n) is 2.84. The second-order valence-electron chi connectivity index (χ2n) is 3.73. The number of rotatable bonds is 6. The van der Waals surface area contributed by atoms with Gasteiger partial charge in [0.25, 0.3) is 0 Å². The lowest BCUT2D eigenvalue weighted by Crippen LogP contribution is -2.30. The van der Waals surface area contributed by atoms with Crippen molar-refractivity contribution in [3.8, 4) is 5.75 Å². The summed E-state index contributed by atoms with van der Waals surface area (Å²) < 4.78 is 10.7. The van der Waals surface area contributed by atoms with Crippen molar-refractivity contribution in [1.82, 2.24) is 5.32 Å². The van der Waals surface area contributed by atoms with Gasteiger partial charge in [-0.2, -0.15) is 0 Å². The number of methoxy groups -OCH3 is 2. The Morgan fingerprint density at radius 1 is 1.31 bits per heavy atom. The molecule has 0 heterocycles. The van der Waals surface area contributed by atoms with E-state index in [-0.39, 0.29) is 12.1 Å². The van der Waals surface area contributed by atoms with Crippen LogP contribution in [0.25, 0.3) is 0 Å². The number of nitrogens with one attached hydrogen (secondary N) is 1. The van der Waals surface area contributed by atoms with Crippen molar-refractivity contribution < 1.29 is 9.47 Å². The second kappa shape index (κ2) is 6.51. The molecular weight excluding hydrogens is 202 g/mol. The Balaban J connectivity index is 2.93. The molecule has 2 atom stereocenters. The Bertz CT molecular complexity index is 311. The zero-order chi connectivity index (χ0) is 12.0. The first-order valence-corrected chi connectivity index (χ1v) is 5.60. The molecule has 3 heteroatoms. The largest absolute Gasteiger partial charge is 0.497 e. The SMILES string of the molecule is CCC(OC)C(NC)c1cccc(OC)c1. The highest BCUT2D eigenvalue weighted by Gasteiger charge is 2.19. The fraction of sp³-hybridized carbons (Fsp3) is 0.538. The Hall–Kier alpha value is -1.06. The number of hydrogen-bond acceptors (Lipinski definition) is 3. The minimum atomic E-state index is 0.178. The zero-order valence-electron chi connectivity index (χ0n) is 10.5. The van der Waals surface area contributed by atoms with Gasteiger partial charge in [-0.3, -0.25) is 0 Å². The van der Waals surface area contributed by atoms with Crippen LogP contribution < -0.4 is 10.1 Å². The van der Waals surface area contributed by atoms with Crippen LogP contribution in [0.2, 0.25) is 0 Å². The Kier molecular flexibility index (Phi) is 5.29. The summed E-state index contributed by atoms with van der Waals surface area (Å²) in [5.74, 6) is 0.878. The van der Waals surface area contributed by atoms with Crippen LogP contribution in [0.15, 0.2) is 24.3 Å². The number of hydrogen-bond donors (Lipinski definition) is 1. The van der Waals surface area contributed by atoms with E-state index in [1.165, 1.54) is 5.56 Å². The third kappa shape index (κ3) is 2.97. The van der Waals surface area contributed by atoms with Gasteiger partial charge in [0.1, 0.15) is 5.75 Å². The summed E-state index contributed by atoms with van der Waals surface area (Å²) in [4.78, 5) is 0. The van der Waals surface area contributed by atoms with Crippen LogP contribution in [0, 0.1) is 0 Å². The Morgan fingerprint density at radius 3 is 2.56 bits per heavy atom. The first-order valence-electron chi connectivity index (χ1n) is 5.60. The Labute approximate surface area is 97.8 Å². The fourth-order valence-electron chi connectivity index (χ4n) is 1.94. The van der Waals surface area contributed by atoms with Crippen LogP contribution in [0.1, 0.15) is 24.9 Å². The minimum Gasteiger partial charge on any atom is -0.497 e. The van der Waals surface area contributed by atoms with Crippen molar-refractivity contribution in [2.45, 2.75) is 25.5 Å². The summed E-state index contributed by atoms with van der Waals surface area (Å²) in [7, 11) is 5.38. The van der Waals surface area contributed by atoms with Gasteiger partial charge >= 0.3 is 0 Å². The van der Waals surface area contributed by atoms with Gasteiger partial charge in [-0.1, -0.05) is 19.1 Å². The van der Waals surface area contributed by atoms with Gasteiger partial charge in [-0.25, -0.2) is 0 Å². The highest BCUT2D eigenvalue weighted by atomic mass is 16.5. The fourth-order valence-corrected chi connectivity index (χ4v) is 1.94. The molecule has 90 valence electrons. The summed E-state index contributed by atoms with van der Waals surface area (Å²) in [6, 6.07) is 8.28. The lowest BCUT2D eigenvalue weighted by atomic mass is 9.99. The summed E-state index contributed by atoms with van der Waals surface area (Å²) in [6.45, 7) is 2.12. The third-order valence-corrected chi connectivity index (χ3v) is 2.84. The predicted octanol–water partition coefficient (Wildman–Crippen LogP) is 2.38. The first-order chi connectivity index (χ1) is 7.76. The average Bonchev–Trinajstić information content (AvgIpc) is 2.35. The molecule has 0 radical (unpaired) electrons. The maximum atomic E-state index is 5.48. The van der Waals surface area contributed by atoms with Crippen LogP contribution in [0.3, 0.4) is 0 Å². The Morgan fingerprint density at radius 2 is 2.06 bits per heavy atom. The molecule has 0 aliphatic rings. The van der Waals surface area contributed by atoms with Crippen molar-refractivity contribution in [2.24, 2.45) is 0 Å². The molecule has 0 saturated carbocycles. The highest BCUT2D eigenvalue weighted by Crippen LogP contribution is 2.24. The van der Waals surface area contributed by atoms with Crippen LogP contribution in [0.4, 0.5) is 0 Å². The van der Waals surface area contributed by atoms with Crippen molar-refractivity contribution in [3.05, 3.63) is 29.8 Å². The maximum Gasteiger partial charge on any atom is 0.119 e. The van der Waals surface area contributed by atoms with E-state index in [2.05, 4.69) is 18.3 Å². The number of ether oxygens (including phenoxy) is 2. The van der Waals surface area contributed by atoms with Gasteiger partial charge < -0.3 is 14.8 Å². The van der Waals surface area contributed by atoms with Crippen LogP contribution in [-0.4, -0.2) is 27.4 Å². The van der Waals surface area contributed by atoms with Gasteiger partial charge in [0, 0.05) is 7.11 Å². The molecule has 1 rings (SSSR count). The van der Waals surface area contributed by atoms with Gasteiger partial charge in [0.05, 0.1) is 19.3 Å². The lowest BCUT2D eigenvalue weighted by molar-refractivity contribution is 0.0675.